The first kappa shape index (κ1) is 16.4. The summed E-state index contributed by atoms with van der Waals surface area (Å²) >= 11 is 0. The molecule has 2 aromatic rings. The van der Waals surface area contributed by atoms with Gasteiger partial charge in [-0.3, -0.25) is 0 Å². The number of ether oxygens (including phenoxy) is 2. The Labute approximate surface area is 149 Å². The number of nitriles is 1. The van der Waals surface area contributed by atoms with Crippen molar-refractivity contribution in [3.05, 3.63) is 36.2 Å². The van der Waals surface area contributed by atoms with E-state index in [1.807, 2.05) is 6.07 Å². The van der Waals surface area contributed by atoms with Gasteiger partial charge < -0.3 is 14.0 Å². The summed E-state index contributed by atoms with van der Waals surface area (Å²) < 4.78 is 76.7. The molecular formula is C18H11F5N2O2. The Morgan fingerprint density at radius 3 is 2.37 bits per heavy atom. The lowest BCUT2D eigenvalue weighted by atomic mass is 9.39. The topological polar surface area (TPSA) is 47.2 Å². The van der Waals surface area contributed by atoms with Crippen molar-refractivity contribution in [2.75, 3.05) is 0 Å². The first-order chi connectivity index (χ1) is 12.6. The van der Waals surface area contributed by atoms with Crippen LogP contribution in [0.25, 0.3) is 11.1 Å². The zero-order valence-electron chi connectivity index (χ0n) is 13.6. The molecule has 0 unspecified atom stereocenters. The molecule has 0 amide bonds. The third-order valence-electron chi connectivity index (χ3n) is 5.82. The van der Waals surface area contributed by atoms with E-state index in [0.717, 1.165) is 0 Å². The maximum Gasteiger partial charge on any atom is 0.586 e. The van der Waals surface area contributed by atoms with Gasteiger partial charge in [-0.25, -0.2) is 0 Å². The highest BCUT2D eigenvalue weighted by atomic mass is 19.4. The molecule has 2 heterocycles. The van der Waals surface area contributed by atoms with E-state index in [2.05, 4.69) is 9.47 Å². The fourth-order valence-electron chi connectivity index (χ4n) is 4.52. The highest BCUT2D eigenvalue weighted by Crippen LogP contribution is 2.77. The summed E-state index contributed by atoms with van der Waals surface area (Å²) in [6, 6.07) is 6.28. The Hall–Kier alpha value is -2.76. The number of hydrogen-bond donors (Lipinski definition) is 0. The predicted molar refractivity (Wildman–Crippen MR) is 81.1 cm³/mol. The van der Waals surface area contributed by atoms with E-state index in [9.17, 15) is 27.2 Å². The summed E-state index contributed by atoms with van der Waals surface area (Å²) in [4.78, 5) is 0. The summed E-state index contributed by atoms with van der Waals surface area (Å²) in [5, 5.41) is 9.43. The van der Waals surface area contributed by atoms with Crippen molar-refractivity contribution in [1.82, 2.24) is 4.57 Å². The van der Waals surface area contributed by atoms with Gasteiger partial charge in [0.15, 0.2) is 11.5 Å². The minimum absolute atomic E-state index is 0.0347. The molecule has 1 aromatic carbocycles. The smallest absolute Gasteiger partial charge is 0.395 e. The summed E-state index contributed by atoms with van der Waals surface area (Å²) in [5.41, 5.74) is -1.57. The monoisotopic (exact) mass is 382 g/mol. The molecule has 0 spiro atoms. The lowest BCUT2D eigenvalue weighted by molar-refractivity contribution is -0.354. The summed E-state index contributed by atoms with van der Waals surface area (Å²) in [5.74, 6) is -0.350. The molecule has 0 atom stereocenters. The van der Waals surface area contributed by atoms with Gasteiger partial charge in [0.2, 0.25) is 0 Å². The standard InChI is InChI=1S/C18H11F5N2O2/c19-17(20,21)15-7-16(8-15,9-15)25-5-10(4-24)12(6-25)11-2-1-3-13-14(11)27-18(22,23)26-13/h1-3,5-6H,7-9H2. The summed E-state index contributed by atoms with van der Waals surface area (Å²) in [7, 11) is 0. The van der Waals surface area contributed by atoms with Gasteiger partial charge in [-0.2, -0.15) is 18.4 Å². The van der Waals surface area contributed by atoms with E-state index in [4.69, 9.17) is 0 Å². The number of fused-ring (bicyclic) bond motifs is 1. The highest BCUT2D eigenvalue weighted by Gasteiger charge is 2.79. The molecular weight excluding hydrogens is 371 g/mol. The molecule has 0 radical (unpaired) electrons. The summed E-state index contributed by atoms with van der Waals surface area (Å²) in [6.07, 6.45) is -5.14. The van der Waals surface area contributed by atoms with E-state index >= 15 is 0 Å². The fourth-order valence-corrected chi connectivity index (χ4v) is 4.52. The van der Waals surface area contributed by atoms with E-state index in [1.165, 1.54) is 30.6 Å². The first-order valence-electron chi connectivity index (χ1n) is 8.17. The first-order valence-corrected chi connectivity index (χ1v) is 8.17. The number of nitrogens with zero attached hydrogens (tertiary/aromatic N) is 2. The zero-order chi connectivity index (χ0) is 19.2. The lowest BCUT2D eigenvalue weighted by Crippen LogP contribution is -2.72. The minimum Gasteiger partial charge on any atom is -0.395 e. The van der Waals surface area contributed by atoms with Crippen LogP contribution in [0.3, 0.4) is 0 Å². The quantitative estimate of drug-likeness (QED) is 0.702. The number of aromatic nitrogens is 1. The molecule has 9 heteroatoms. The van der Waals surface area contributed by atoms with Crippen LogP contribution >= 0.6 is 0 Å². The normalized spacial score (nSPS) is 29.6. The van der Waals surface area contributed by atoms with Gasteiger partial charge in [0.05, 0.1) is 11.0 Å². The van der Waals surface area contributed by atoms with E-state index in [1.54, 1.807) is 4.57 Å². The number of benzene rings is 1. The molecule has 3 saturated carbocycles. The van der Waals surface area contributed by atoms with Gasteiger partial charge in [-0.05, 0) is 25.3 Å². The van der Waals surface area contributed by atoms with Crippen molar-refractivity contribution in [2.45, 2.75) is 37.3 Å². The van der Waals surface area contributed by atoms with Gasteiger partial charge in [0, 0.05) is 29.1 Å². The molecule has 3 fully saturated rings. The molecule has 4 nitrogen and oxygen atoms in total. The highest BCUT2D eigenvalue weighted by molar-refractivity contribution is 5.78. The molecule has 6 rings (SSSR count). The molecule has 0 saturated heterocycles. The Morgan fingerprint density at radius 1 is 1.04 bits per heavy atom. The fraction of sp³-hybridized carbons (Fsp3) is 0.389. The number of rotatable bonds is 2. The molecule has 1 aliphatic heterocycles. The van der Waals surface area contributed by atoms with Gasteiger partial charge in [0.25, 0.3) is 0 Å². The minimum atomic E-state index is -4.24. The van der Waals surface area contributed by atoms with Crippen LogP contribution in [0.4, 0.5) is 22.0 Å². The maximum atomic E-state index is 13.4. The van der Waals surface area contributed by atoms with Crippen LogP contribution < -0.4 is 9.47 Å². The largest absolute Gasteiger partial charge is 0.586 e. The van der Waals surface area contributed by atoms with Crippen LogP contribution in [0, 0.1) is 16.7 Å². The van der Waals surface area contributed by atoms with Crippen molar-refractivity contribution in [3.8, 4) is 28.7 Å². The van der Waals surface area contributed by atoms with Gasteiger partial charge in [-0.1, -0.05) is 12.1 Å². The van der Waals surface area contributed by atoms with E-state index in [-0.39, 0.29) is 41.9 Å². The number of para-hydroxylation sites is 1. The van der Waals surface area contributed by atoms with Crippen LogP contribution in [-0.4, -0.2) is 17.0 Å². The van der Waals surface area contributed by atoms with Crippen LogP contribution in [-0.2, 0) is 5.54 Å². The maximum absolute atomic E-state index is 13.4. The molecule has 4 aliphatic rings. The van der Waals surface area contributed by atoms with Crippen molar-refractivity contribution in [2.24, 2.45) is 5.41 Å². The van der Waals surface area contributed by atoms with Gasteiger partial charge in [0.1, 0.15) is 6.07 Å². The second kappa shape index (κ2) is 4.55. The second-order valence-electron chi connectivity index (χ2n) is 7.44. The Morgan fingerprint density at radius 2 is 1.74 bits per heavy atom. The molecule has 2 bridgehead atoms. The van der Waals surface area contributed by atoms with Gasteiger partial charge >= 0.3 is 12.5 Å². The third kappa shape index (κ3) is 2.01. The van der Waals surface area contributed by atoms with Crippen molar-refractivity contribution in [3.63, 3.8) is 0 Å². The number of hydrogen-bond acceptors (Lipinski definition) is 3. The van der Waals surface area contributed by atoms with Crippen LogP contribution in [0.1, 0.15) is 24.8 Å². The Balaban J connectivity index is 1.53. The average molecular weight is 382 g/mol. The zero-order valence-corrected chi connectivity index (χ0v) is 13.6. The van der Waals surface area contributed by atoms with Crippen molar-refractivity contribution < 1.29 is 31.4 Å². The van der Waals surface area contributed by atoms with Crippen LogP contribution in [0.15, 0.2) is 30.6 Å². The summed E-state index contributed by atoms with van der Waals surface area (Å²) in [6.45, 7) is 0. The SMILES string of the molecule is N#Cc1cn(C23CC(C(F)(F)F)(C2)C3)cc1-c1cccc2c1OC(F)(F)O2. The van der Waals surface area contributed by atoms with Crippen LogP contribution in [0.5, 0.6) is 11.5 Å². The Bertz CT molecular complexity index is 998. The molecule has 1 aromatic heterocycles. The van der Waals surface area contributed by atoms with E-state index < -0.39 is 23.4 Å². The molecule has 140 valence electrons. The predicted octanol–water partition coefficient (Wildman–Crippen LogP) is 4.79. The third-order valence-corrected chi connectivity index (χ3v) is 5.82. The second-order valence-corrected chi connectivity index (χ2v) is 7.44. The van der Waals surface area contributed by atoms with Gasteiger partial charge in [-0.15, -0.1) is 8.78 Å². The van der Waals surface area contributed by atoms with Crippen molar-refractivity contribution in [1.29, 1.82) is 5.26 Å². The van der Waals surface area contributed by atoms with Crippen molar-refractivity contribution >= 4 is 0 Å². The number of halogens is 5. The molecule has 0 N–H and O–H groups in total. The van der Waals surface area contributed by atoms with E-state index in [0.29, 0.717) is 5.56 Å². The molecule has 27 heavy (non-hydrogen) atoms. The number of alkyl halides is 5. The Kier molecular flexibility index (Phi) is 2.77. The lowest BCUT2D eigenvalue weighted by Gasteiger charge is -2.70. The molecule has 3 aliphatic carbocycles. The average Bonchev–Trinajstić information content (AvgIpc) is 3.01. The van der Waals surface area contributed by atoms with Crippen LogP contribution in [0.2, 0.25) is 0 Å².